The summed E-state index contributed by atoms with van der Waals surface area (Å²) in [7, 11) is -3.04. The number of benzene rings is 1. The molecule has 1 saturated heterocycles. The molecule has 5 nitrogen and oxygen atoms in total. The minimum atomic E-state index is -3.04. The number of nitrogens with two attached hydrogens (primary N) is 1. The fourth-order valence-electron chi connectivity index (χ4n) is 2.62. The first-order valence-corrected chi connectivity index (χ1v) is 9.99. The summed E-state index contributed by atoms with van der Waals surface area (Å²) in [6.07, 6.45) is 2.31. The van der Waals surface area contributed by atoms with Gasteiger partial charge in [0.25, 0.3) is 0 Å². The Morgan fingerprint density at radius 2 is 2.17 bits per heavy atom. The molecule has 2 unspecified atom stereocenters. The quantitative estimate of drug-likeness (QED) is 0.623. The molecule has 1 aliphatic rings. The van der Waals surface area contributed by atoms with Crippen molar-refractivity contribution in [2.75, 3.05) is 12.3 Å². The number of rotatable bonds is 4. The monoisotopic (exact) mass is 377 g/mol. The summed E-state index contributed by atoms with van der Waals surface area (Å²) in [4.78, 5) is 4.19. The maximum Gasteiger partial charge on any atom is 0.189 e. The Hall–Kier alpha value is -0.980. The predicted molar refractivity (Wildman–Crippen MR) is 95.9 cm³/mol. The van der Waals surface area contributed by atoms with E-state index in [1.807, 2.05) is 13.0 Å². The molecule has 8 heteroatoms. The first kappa shape index (κ1) is 18.4. The smallest absolute Gasteiger partial charge is 0.189 e. The Morgan fingerprint density at radius 1 is 1.43 bits per heavy atom. The lowest BCUT2D eigenvalue weighted by molar-refractivity contribution is 0.541. The van der Waals surface area contributed by atoms with Crippen LogP contribution in [0, 0.1) is 0 Å². The minimum absolute atomic E-state index is 0.161. The van der Waals surface area contributed by atoms with Crippen LogP contribution in [-0.2, 0) is 9.84 Å². The Balaban J connectivity index is 1.99. The fourth-order valence-corrected chi connectivity index (χ4v) is 4.96. The van der Waals surface area contributed by atoms with E-state index in [2.05, 4.69) is 10.3 Å². The summed E-state index contributed by atoms with van der Waals surface area (Å²) in [6, 6.07) is 5.08. The number of hydrogen-bond acceptors (Lipinski definition) is 3. The van der Waals surface area contributed by atoms with E-state index in [0.717, 1.165) is 18.4 Å². The van der Waals surface area contributed by atoms with Gasteiger partial charge in [0.15, 0.2) is 15.8 Å². The number of sulfone groups is 1. The highest BCUT2D eigenvalue weighted by molar-refractivity contribution is 7.92. The Kier molecular flexibility index (Phi) is 6.17. The van der Waals surface area contributed by atoms with Crippen LogP contribution in [0.2, 0.25) is 10.0 Å². The number of guanidine groups is 1. The van der Waals surface area contributed by atoms with Gasteiger partial charge in [0, 0.05) is 10.0 Å². The van der Waals surface area contributed by atoms with Gasteiger partial charge in [-0.15, -0.1) is 0 Å². The van der Waals surface area contributed by atoms with Crippen LogP contribution in [0.25, 0.3) is 0 Å². The molecular formula is C15H21Cl2N3O2S. The van der Waals surface area contributed by atoms with E-state index in [-0.39, 0.29) is 24.3 Å². The van der Waals surface area contributed by atoms with Crippen LogP contribution in [0.1, 0.15) is 37.8 Å². The predicted octanol–water partition coefficient (Wildman–Crippen LogP) is 2.93. The van der Waals surface area contributed by atoms with E-state index >= 15 is 0 Å². The second-order valence-corrected chi connectivity index (χ2v) is 8.99. The highest BCUT2D eigenvalue weighted by atomic mass is 35.5. The van der Waals surface area contributed by atoms with E-state index in [1.165, 1.54) is 0 Å². The zero-order valence-corrected chi connectivity index (χ0v) is 15.3. The summed E-state index contributed by atoms with van der Waals surface area (Å²) in [6.45, 7) is 2.09. The van der Waals surface area contributed by atoms with Gasteiger partial charge < -0.3 is 11.1 Å². The van der Waals surface area contributed by atoms with Crippen molar-refractivity contribution in [3.8, 4) is 0 Å². The Bertz CT molecular complexity index is 692. The maximum atomic E-state index is 12.0. The lowest BCUT2D eigenvalue weighted by Crippen LogP contribution is -2.36. The van der Waals surface area contributed by atoms with Crippen LogP contribution in [0.3, 0.4) is 0 Å². The third-order valence-corrected chi connectivity index (χ3v) is 6.79. The molecule has 0 aliphatic carbocycles. The van der Waals surface area contributed by atoms with Gasteiger partial charge in [-0.3, -0.25) is 4.99 Å². The van der Waals surface area contributed by atoms with Gasteiger partial charge in [0.05, 0.1) is 23.6 Å². The lowest BCUT2D eigenvalue weighted by Gasteiger charge is -2.21. The minimum Gasteiger partial charge on any atom is -0.370 e. The van der Waals surface area contributed by atoms with Crippen molar-refractivity contribution < 1.29 is 8.42 Å². The van der Waals surface area contributed by atoms with Gasteiger partial charge in [-0.25, -0.2) is 8.42 Å². The second kappa shape index (κ2) is 7.73. The molecule has 0 radical (unpaired) electrons. The molecule has 0 spiro atoms. The van der Waals surface area contributed by atoms with Crippen LogP contribution in [0.15, 0.2) is 23.2 Å². The van der Waals surface area contributed by atoms with Crippen molar-refractivity contribution in [1.29, 1.82) is 0 Å². The molecule has 0 aromatic heterocycles. The van der Waals surface area contributed by atoms with Crippen molar-refractivity contribution in [3.63, 3.8) is 0 Å². The second-order valence-electron chi connectivity index (χ2n) is 5.74. The number of nitrogens with zero attached hydrogens (tertiary/aromatic N) is 1. The largest absolute Gasteiger partial charge is 0.370 e. The summed E-state index contributed by atoms with van der Waals surface area (Å²) in [5.74, 6) is 0.460. The molecule has 3 N–H and O–H groups in total. The van der Waals surface area contributed by atoms with Crippen LogP contribution >= 0.6 is 23.2 Å². The lowest BCUT2D eigenvalue weighted by atomic mass is 10.1. The van der Waals surface area contributed by atoms with E-state index in [4.69, 9.17) is 28.9 Å². The van der Waals surface area contributed by atoms with Gasteiger partial charge in [-0.2, -0.15) is 0 Å². The van der Waals surface area contributed by atoms with Crippen LogP contribution < -0.4 is 11.1 Å². The molecule has 0 amide bonds. The van der Waals surface area contributed by atoms with Crippen molar-refractivity contribution in [3.05, 3.63) is 33.8 Å². The number of hydrogen-bond donors (Lipinski definition) is 2. The Morgan fingerprint density at radius 3 is 2.83 bits per heavy atom. The SMILES string of the molecule is CC(NC(N)=NCC1CCCCS1(=O)=O)c1ccc(Cl)cc1Cl. The number of halogens is 2. The normalized spacial score (nSPS) is 22.6. The van der Waals surface area contributed by atoms with Gasteiger partial charge in [0.1, 0.15) is 0 Å². The van der Waals surface area contributed by atoms with Crippen molar-refractivity contribution in [2.45, 2.75) is 37.5 Å². The highest BCUT2D eigenvalue weighted by Gasteiger charge is 2.28. The molecule has 2 rings (SSSR count). The van der Waals surface area contributed by atoms with Gasteiger partial charge in [-0.1, -0.05) is 35.7 Å². The van der Waals surface area contributed by atoms with E-state index in [0.29, 0.717) is 16.5 Å². The highest BCUT2D eigenvalue weighted by Crippen LogP contribution is 2.26. The third-order valence-electron chi connectivity index (χ3n) is 3.97. The van der Waals surface area contributed by atoms with Gasteiger partial charge >= 0.3 is 0 Å². The van der Waals surface area contributed by atoms with E-state index in [1.54, 1.807) is 12.1 Å². The zero-order valence-electron chi connectivity index (χ0n) is 12.9. The topological polar surface area (TPSA) is 84.5 Å². The first-order chi connectivity index (χ1) is 10.8. The van der Waals surface area contributed by atoms with Gasteiger partial charge in [-0.05, 0) is 37.5 Å². The van der Waals surface area contributed by atoms with Crippen LogP contribution in [-0.4, -0.2) is 31.9 Å². The average Bonchev–Trinajstić information content (AvgIpc) is 2.45. The molecule has 1 aromatic carbocycles. The molecule has 0 bridgehead atoms. The molecule has 2 atom stereocenters. The summed E-state index contributed by atoms with van der Waals surface area (Å²) >= 11 is 12.0. The summed E-state index contributed by atoms with van der Waals surface area (Å²) in [5.41, 5.74) is 6.72. The molecule has 0 saturated carbocycles. The standard InChI is InChI=1S/C15H21Cl2N3O2S/c1-10(13-6-5-11(16)8-14(13)17)20-15(18)19-9-12-4-2-3-7-23(12,21)22/h5-6,8,10,12H,2-4,7,9H2,1H3,(H3,18,19,20). The third kappa shape index (κ3) is 4.99. The van der Waals surface area contributed by atoms with Crippen molar-refractivity contribution >= 4 is 39.0 Å². The zero-order chi connectivity index (χ0) is 17.0. The first-order valence-electron chi connectivity index (χ1n) is 7.52. The fraction of sp³-hybridized carbons (Fsp3) is 0.533. The molecule has 1 heterocycles. The molecule has 128 valence electrons. The number of aliphatic imine (C=N–C) groups is 1. The molecule has 1 aromatic rings. The molecule has 23 heavy (non-hydrogen) atoms. The van der Waals surface area contributed by atoms with Crippen molar-refractivity contribution in [2.24, 2.45) is 10.7 Å². The van der Waals surface area contributed by atoms with E-state index < -0.39 is 15.1 Å². The summed E-state index contributed by atoms with van der Waals surface area (Å²) < 4.78 is 23.9. The molecular weight excluding hydrogens is 357 g/mol. The van der Waals surface area contributed by atoms with Crippen molar-refractivity contribution in [1.82, 2.24) is 5.32 Å². The Labute approximate surface area is 147 Å². The molecule has 1 aliphatic heterocycles. The number of nitrogens with one attached hydrogen (secondary N) is 1. The van der Waals surface area contributed by atoms with Crippen LogP contribution in [0.4, 0.5) is 0 Å². The molecule has 1 fully saturated rings. The average molecular weight is 378 g/mol. The summed E-state index contributed by atoms with van der Waals surface area (Å²) in [5, 5.41) is 3.71. The van der Waals surface area contributed by atoms with Gasteiger partial charge in [0.2, 0.25) is 0 Å². The van der Waals surface area contributed by atoms with E-state index in [9.17, 15) is 8.42 Å². The maximum absolute atomic E-state index is 12.0. The van der Waals surface area contributed by atoms with Crippen LogP contribution in [0.5, 0.6) is 0 Å².